The molecule has 206 valence electrons. The molecule has 0 saturated carbocycles. The van der Waals surface area contributed by atoms with Crippen molar-refractivity contribution in [1.82, 2.24) is 15.2 Å². The monoisotopic (exact) mass is 557 g/mol. The number of nitrogens with one attached hydrogen (secondary N) is 1. The van der Waals surface area contributed by atoms with Crippen LogP contribution >= 0.6 is 11.6 Å². The summed E-state index contributed by atoms with van der Waals surface area (Å²) in [5.41, 5.74) is 5.86. The molecule has 1 aromatic heterocycles. The molecule has 1 saturated heterocycles. The van der Waals surface area contributed by atoms with Gasteiger partial charge < -0.3 is 20.4 Å². The van der Waals surface area contributed by atoms with Crippen LogP contribution in [0.4, 0.5) is 0 Å². The average Bonchev–Trinajstić information content (AvgIpc) is 3.50. The summed E-state index contributed by atoms with van der Waals surface area (Å²) >= 11 is 6.11. The number of nitrogens with zero attached hydrogens (tertiary/aromatic N) is 2. The van der Waals surface area contributed by atoms with Gasteiger partial charge in [-0.1, -0.05) is 72.3 Å². The van der Waals surface area contributed by atoms with E-state index in [9.17, 15) is 19.8 Å². The van der Waals surface area contributed by atoms with Crippen LogP contribution in [0.3, 0.4) is 0 Å². The Labute approximate surface area is 238 Å². The number of hydrogen-bond acceptors (Lipinski definition) is 5. The maximum Gasteiger partial charge on any atom is 0.255 e. The van der Waals surface area contributed by atoms with E-state index in [0.717, 1.165) is 47.2 Å². The summed E-state index contributed by atoms with van der Waals surface area (Å²) in [7, 11) is 0. The average molecular weight is 558 g/mol. The number of aliphatic hydroxyl groups excluding tert-OH is 2. The molecule has 1 aliphatic carbocycles. The van der Waals surface area contributed by atoms with Gasteiger partial charge >= 0.3 is 0 Å². The van der Waals surface area contributed by atoms with Crippen molar-refractivity contribution < 1.29 is 19.8 Å². The molecule has 2 amide bonds. The van der Waals surface area contributed by atoms with Crippen molar-refractivity contribution in [1.29, 1.82) is 0 Å². The number of allylic oxidation sites excluding steroid dienone is 4. The molecule has 0 bridgehead atoms. The fraction of sp³-hybridized carbons (Fsp3) is 0.281. The van der Waals surface area contributed by atoms with Crippen molar-refractivity contribution in [2.24, 2.45) is 0 Å². The van der Waals surface area contributed by atoms with Gasteiger partial charge in [0, 0.05) is 29.9 Å². The second-order valence-electron chi connectivity index (χ2n) is 10.1. The van der Waals surface area contributed by atoms with E-state index >= 15 is 0 Å². The molecule has 2 heterocycles. The van der Waals surface area contributed by atoms with E-state index in [1.54, 1.807) is 18.3 Å². The quantitative estimate of drug-likeness (QED) is 0.368. The first-order chi connectivity index (χ1) is 19.4. The summed E-state index contributed by atoms with van der Waals surface area (Å²) in [4.78, 5) is 31.8. The number of rotatable bonds is 8. The SMILES string of the molecule is O=C(NCc1ccc(-c2ccccc2C2=CC=CCC2)nc1)[C@H](O)[C@@H](O)C(=O)N1CCCC1c1cccc(Cl)c1. The molecule has 7 nitrogen and oxygen atoms in total. The van der Waals surface area contributed by atoms with E-state index in [1.165, 1.54) is 10.5 Å². The highest BCUT2D eigenvalue weighted by molar-refractivity contribution is 6.30. The van der Waals surface area contributed by atoms with Gasteiger partial charge in [0.25, 0.3) is 11.8 Å². The smallest absolute Gasteiger partial charge is 0.255 e. The molecule has 40 heavy (non-hydrogen) atoms. The minimum Gasteiger partial charge on any atom is -0.380 e. The van der Waals surface area contributed by atoms with E-state index in [2.05, 4.69) is 34.6 Å². The molecule has 8 heteroatoms. The summed E-state index contributed by atoms with van der Waals surface area (Å²) in [6.45, 7) is 0.521. The van der Waals surface area contributed by atoms with E-state index in [-0.39, 0.29) is 12.6 Å². The van der Waals surface area contributed by atoms with E-state index in [0.29, 0.717) is 18.0 Å². The predicted octanol–water partition coefficient (Wildman–Crippen LogP) is 4.84. The van der Waals surface area contributed by atoms with Gasteiger partial charge in [0.15, 0.2) is 12.2 Å². The van der Waals surface area contributed by atoms with E-state index < -0.39 is 24.0 Å². The summed E-state index contributed by atoms with van der Waals surface area (Å²) in [6, 6.07) is 18.9. The molecule has 2 aromatic carbocycles. The second-order valence-corrected chi connectivity index (χ2v) is 10.5. The molecule has 1 unspecified atom stereocenters. The molecule has 1 aliphatic heterocycles. The van der Waals surface area contributed by atoms with E-state index in [4.69, 9.17) is 11.6 Å². The third kappa shape index (κ3) is 6.17. The normalized spacial score (nSPS) is 18.2. The topological polar surface area (TPSA) is 103 Å². The highest BCUT2D eigenvalue weighted by Crippen LogP contribution is 2.34. The zero-order valence-electron chi connectivity index (χ0n) is 22.0. The van der Waals surface area contributed by atoms with Crippen molar-refractivity contribution in [2.75, 3.05) is 6.54 Å². The lowest BCUT2D eigenvalue weighted by atomic mass is 9.92. The van der Waals surface area contributed by atoms with Crippen molar-refractivity contribution in [3.05, 3.63) is 107 Å². The zero-order valence-corrected chi connectivity index (χ0v) is 22.8. The van der Waals surface area contributed by atoms with Crippen LogP contribution in [-0.4, -0.2) is 50.7 Å². The van der Waals surface area contributed by atoms with Gasteiger partial charge in [-0.2, -0.15) is 0 Å². The molecule has 1 fully saturated rings. The van der Waals surface area contributed by atoms with E-state index in [1.807, 2.05) is 42.5 Å². The lowest BCUT2D eigenvalue weighted by Crippen LogP contribution is -2.50. The number of aliphatic hydroxyl groups is 2. The van der Waals surface area contributed by atoms with Crippen LogP contribution in [0.5, 0.6) is 0 Å². The summed E-state index contributed by atoms with van der Waals surface area (Å²) in [6.07, 6.45) is 7.73. The summed E-state index contributed by atoms with van der Waals surface area (Å²) in [5.74, 6) is -1.51. The highest BCUT2D eigenvalue weighted by Gasteiger charge is 2.38. The Balaban J connectivity index is 1.19. The first kappa shape index (κ1) is 27.8. The number of benzene rings is 2. The molecule has 2 aliphatic rings. The molecule has 5 rings (SSSR count). The molecule has 3 atom stereocenters. The second kappa shape index (κ2) is 12.6. The van der Waals surface area contributed by atoms with Crippen molar-refractivity contribution in [3.8, 4) is 11.3 Å². The molecule has 0 radical (unpaired) electrons. The van der Waals surface area contributed by atoms with Crippen LogP contribution in [0, 0.1) is 0 Å². The third-order valence-corrected chi connectivity index (χ3v) is 7.68. The van der Waals surface area contributed by atoms with Gasteiger partial charge in [0.2, 0.25) is 0 Å². The Kier molecular flexibility index (Phi) is 8.75. The number of aromatic nitrogens is 1. The maximum atomic E-state index is 13.0. The minimum absolute atomic E-state index is 0.0938. The molecule has 3 N–H and O–H groups in total. The predicted molar refractivity (Wildman–Crippen MR) is 155 cm³/mol. The van der Waals surface area contributed by atoms with Gasteiger partial charge in [-0.05, 0) is 66.1 Å². The Morgan fingerprint density at radius 2 is 1.88 bits per heavy atom. The van der Waals surface area contributed by atoms with Gasteiger partial charge in [-0.25, -0.2) is 0 Å². The van der Waals surface area contributed by atoms with Gasteiger partial charge in [0.1, 0.15) is 0 Å². The van der Waals surface area contributed by atoms with Crippen LogP contribution in [0.1, 0.15) is 48.4 Å². The van der Waals surface area contributed by atoms with Gasteiger partial charge in [-0.3, -0.25) is 14.6 Å². The number of hydrogen-bond donors (Lipinski definition) is 3. The first-order valence-corrected chi connectivity index (χ1v) is 13.9. The maximum absolute atomic E-state index is 13.0. The number of carbonyl (C=O) groups excluding carboxylic acids is 2. The first-order valence-electron chi connectivity index (χ1n) is 13.5. The number of halogens is 1. The number of likely N-dealkylation sites (tertiary alicyclic amines) is 1. The highest BCUT2D eigenvalue weighted by atomic mass is 35.5. The summed E-state index contributed by atoms with van der Waals surface area (Å²) < 4.78 is 0. The number of carbonyl (C=O) groups is 2. The Morgan fingerprint density at radius 3 is 2.60 bits per heavy atom. The Morgan fingerprint density at radius 1 is 1.05 bits per heavy atom. The zero-order chi connectivity index (χ0) is 28.1. The van der Waals surface area contributed by atoms with Crippen LogP contribution in [0.15, 0.2) is 85.1 Å². The fourth-order valence-electron chi connectivity index (χ4n) is 5.33. The number of amides is 2. The van der Waals surface area contributed by atoms with Crippen LogP contribution in [-0.2, 0) is 16.1 Å². The molecular formula is C32H32ClN3O4. The molecular weight excluding hydrogens is 526 g/mol. The molecule has 3 aromatic rings. The van der Waals surface area contributed by atoms with Crippen molar-refractivity contribution in [2.45, 2.75) is 50.5 Å². The van der Waals surface area contributed by atoms with Gasteiger partial charge in [0.05, 0.1) is 11.7 Å². The summed E-state index contributed by atoms with van der Waals surface area (Å²) in [5, 5.41) is 24.2. The van der Waals surface area contributed by atoms with Crippen LogP contribution in [0.2, 0.25) is 5.02 Å². The fourth-order valence-corrected chi connectivity index (χ4v) is 5.53. The number of pyridine rings is 1. The van der Waals surface area contributed by atoms with Crippen LogP contribution in [0.25, 0.3) is 16.8 Å². The van der Waals surface area contributed by atoms with Crippen molar-refractivity contribution >= 4 is 29.0 Å². The minimum atomic E-state index is -1.90. The standard InChI is InChI=1S/C32H32ClN3O4/c33-24-11-6-10-23(18-24)28-14-7-17-36(28)32(40)30(38)29(37)31(39)35-20-21-15-16-27(34-19-21)26-13-5-4-12-25(26)22-8-2-1-3-9-22/h1-2,4-6,8,10-13,15-16,18-19,28-30,37-38H,3,7,9,14,17,20H2,(H,35,39)/t28?,29-,30-/m1/s1. The van der Waals surface area contributed by atoms with Crippen molar-refractivity contribution in [3.63, 3.8) is 0 Å². The lowest BCUT2D eigenvalue weighted by molar-refractivity contribution is -0.153. The third-order valence-electron chi connectivity index (χ3n) is 7.44. The van der Waals surface area contributed by atoms with Gasteiger partial charge in [-0.15, -0.1) is 0 Å². The Hall–Kier alpha value is -3.78. The largest absolute Gasteiger partial charge is 0.380 e. The Bertz CT molecular complexity index is 1440. The van der Waals surface area contributed by atoms with Crippen LogP contribution < -0.4 is 5.32 Å². The lowest BCUT2D eigenvalue weighted by Gasteiger charge is -2.28. The molecule has 0 spiro atoms.